The molecule has 6 aliphatic rings. The average molecular weight is 544 g/mol. The molecular weight excluding hydrogens is 506 g/mol. The predicted molar refractivity (Wildman–Crippen MR) is 151 cm³/mol. The van der Waals surface area contributed by atoms with Gasteiger partial charge in [-0.25, -0.2) is 0 Å². The van der Waals surface area contributed by atoms with Crippen molar-refractivity contribution in [2.45, 2.75) is 80.6 Å². The molecule has 1 atom stereocenters. The zero-order chi connectivity index (χ0) is 26.5. The van der Waals surface area contributed by atoms with Crippen LogP contribution in [0.25, 0.3) is 0 Å². The van der Waals surface area contributed by atoms with Crippen LogP contribution in [-0.4, -0.2) is 41.2 Å². The van der Waals surface area contributed by atoms with Gasteiger partial charge in [0.1, 0.15) is 6.04 Å². The van der Waals surface area contributed by atoms with Crippen LogP contribution in [0.5, 0.6) is 0 Å². The number of imide groups is 1. The summed E-state index contributed by atoms with van der Waals surface area (Å²) >= 11 is 1.74. The Bertz CT molecular complexity index is 1260. The number of hydrogen-bond acceptors (Lipinski definition) is 5. The summed E-state index contributed by atoms with van der Waals surface area (Å²) in [5.41, 5.74) is 4.31. The number of thioether (sulfide) groups is 1. The summed E-state index contributed by atoms with van der Waals surface area (Å²) < 4.78 is 0. The van der Waals surface area contributed by atoms with Gasteiger partial charge in [0.2, 0.25) is 11.8 Å². The Hall–Kier alpha value is -2.64. The summed E-state index contributed by atoms with van der Waals surface area (Å²) in [6.45, 7) is 1.48. The number of nitrogens with zero attached hydrogens (tertiary/aromatic N) is 1. The molecule has 2 N–H and O–H groups in total. The molecule has 2 aliphatic heterocycles. The third-order valence-electron chi connectivity index (χ3n) is 9.98. The minimum Gasteiger partial charge on any atom is -0.322 e. The number of amides is 3. The van der Waals surface area contributed by atoms with Crippen molar-refractivity contribution in [3.63, 3.8) is 0 Å². The Morgan fingerprint density at radius 2 is 1.62 bits per heavy atom. The quantitative estimate of drug-likeness (QED) is 0.373. The molecular formula is C32H37N3O3S. The van der Waals surface area contributed by atoms with E-state index in [4.69, 9.17) is 0 Å². The molecule has 8 rings (SSSR count). The van der Waals surface area contributed by atoms with Crippen LogP contribution in [0.3, 0.4) is 0 Å². The number of hydrogen-bond donors (Lipinski definition) is 2. The van der Waals surface area contributed by atoms with Gasteiger partial charge < -0.3 is 10.2 Å². The molecule has 2 aromatic carbocycles. The maximum Gasteiger partial charge on any atom is 0.255 e. The van der Waals surface area contributed by atoms with Crippen molar-refractivity contribution in [1.29, 1.82) is 0 Å². The Labute approximate surface area is 234 Å². The monoisotopic (exact) mass is 543 g/mol. The number of nitrogens with one attached hydrogen (secondary N) is 2. The number of benzene rings is 2. The summed E-state index contributed by atoms with van der Waals surface area (Å²) in [5.74, 6) is 3.98. The summed E-state index contributed by atoms with van der Waals surface area (Å²) in [5, 5.41) is 6.34. The molecule has 2 aromatic rings. The smallest absolute Gasteiger partial charge is 0.255 e. The molecule has 4 bridgehead atoms. The van der Waals surface area contributed by atoms with Crippen molar-refractivity contribution in [3.05, 3.63) is 64.7 Å². The predicted octanol–water partition coefficient (Wildman–Crippen LogP) is 4.70. The molecule has 7 heteroatoms. The van der Waals surface area contributed by atoms with Gasteiger partial charge in [-0.3, -0.25) is 19.7 Å². The zero-order valence-electron chi connectivity index (χ0n) is 22.4. The van der Waals surface area contributed by atoms with Crippen molar-refractivity contribution < 1.29 is 14.4 Å². The van der Waals surface area contributed by atoms with Gasteiger partial charge in [0.05, 0.1) is 0 Å². The van der Waals surface area contributed by atoms with E-state index in [1.807, 2.05) is 12.1 Å². The fraction of sp³-hybridized carbons (Fsp3) is 0.531. The molecule has 3 amide bonds. The molecule has 39 heavy (non-hydrogen) atoms. The van der Waals surface area contributed by atoms with Crippen molar-refractivity contribution >= 4 is 29.5 Å². The van der Waals surface area contributed by atoms with Crippen LogP contribution in [0, 0.1) is 23.7 Å². The number of rotatable bonds is 8. The lowest BCUT2D eigenvalue weighted by Crippen LogP contribution is -2.54. The molecule has 1 saturated heterocycles. The van der Waals surface area contributed by atoms with Crippen LogP contribution < -0.4 is 10.6 Å². The van der Waals surface area contributed by atoms with E-state index in [9.17, 15) is 14.4 Å². The van der Waals surface area contributed by atoms with Gasteiger partial charge in [-0.05, 0) is 104 Å². The lowest BCUT2D eigenvalue weighted by Gasteiger charge is -2.54. The van der Waals surface area contributed by atoms with E-state index in [1.165, 1.54) is 43.2 Å². The SMILES string of the molecule is O=C1CCC(N2Cc3c(SCc4ccc(CCNC5C6CC7CC(C6)CC5C7)cc4)cccc3C2=O)C(=O)N1. The van der Waals surface area contributed by atoms with E-state index in [2.05, 4.69) is 41.0 Å². The lowest BCUT2D eigenvalue weighted by atomic mass is 9.54. The Morgan fingerprint density at radius 3 is 2.33 bits per heavy atom. The third kappa shape index (κ3) is 4.93. The second-order valence-electron chi connectivity index (χ2n) is 12.4. The molecule has 2 heterocycles. The lowest BCUT2D eigenvalue weighted by molar-refractivity contribution is -0.136. The first-order chi connectivity index (χ1) is 19.0. The standard InChI is InChI=1S/C32H37N3O3S/c36-29-9-8-27(31(37)34-29)35-17-26-25(32(35)38)2-1-3-28(26)39-18-20-6-4-19(5-7-20)10-11-33-30-23-13-21-12-22(15-23)16-24(30)14-21/h1-7,21-24,27,30,33H,8-18H2,(H,34,36,37). The summed E-state index contributed by atoms with van der Waals surface area (Å²) in [6, 6.07) is 15.0. The van der Waals surface area contributed by atoms with Gasteiger partial charge in [-0.15, -0.1) is 11.8 Å². The van der Waals surface area contributed by atoms with Crippen LogP contribution in [0.2, 0.25) is 0 Å². The van der Waals surface area contributed by atoms with E-state index in [-0.39, 0.29) is 24.1 Å². The summed E-state index contributed by atoms with van der Waals surface area (Å²) in [6.07, 6.45) is 9.09. The van der Waals surface area contributed by atoms with Gasteiger partial charge in [-0.1, -0.05) is 30.3 Å². The first-order valence-electron chi connectivity index (χ1n) is 14.7. The maximum atomic E-state index is 13.1. The maximum absolute atomic E-state index is 13.1. The highest BCUT2D eigenvalue weighted by Crippen LogP contribution is 2.53. The number of carbonyl (C=O) groups is 3. The fourth-order valence-electron chi connectivity index (χ4n) is 8.30. The Morgan fingerprint density at radius 1 is 0.897 bits per heavy atom. The second kappa shape index (κ2) is 10.4. The molecule has 4 aliphatic carbocycles. The van der Waals surface area contributed by atoms with E-state index in [1.54, 1.807) is 16.7 Å². The minimum absolute atomic E-state index is 0.117. The molecule has 204 valence electrons. The first-order valence-corrected chi connectivity index (χ1v) is 15.7. The van der Waals surface area contributed by atoms with Gasteiger partial charge in [-0.2, -0.15) is 0 Å². The van der Waals surface area contributed by atoms with E-state index < -0.39 is 6.04 Å². The highest BCUT2D eigenvalue weighted by atomic mass is 32.2. The Kier molecular flexibility index (Phi) is 6.76. The van der Waals surface area contributed by atoms with E-state index >= 15 is 0 Å². The number of piperidine rings is 1. The highest BCUT2D eigenvalue weighted by Gasteiger charge is 2.47. The van der Waals surface area contributed by atoms with Gasteiger partial charge >= 0.3 is 0 Å². The van der Waals surface area contributed by atoms with E-state index in [0.717, 1.165) is 58.9 Å². The molecule has 5 fully saturated rings. The largest absolute Gasteiger partial charge is 0.322 e. The van der Waals surface area contributed by atoms with Crippen LogP contribution in [0.4, 0.5) is 0 Å². The molecule has 4 saturated carbocycles. The summed E-state index contributed by atoms with van der Waals surface area (Å²) in [7, 11) is 0. The van der Waals surface area contributed by atoms with Gasteiger partial charge in [0.15, 0.2) is 0 Å². The van der Waals surface area contributed by atoms with Crippen LogP contribution in [0.15, 0.2) is 47.4 Å². The number of fused-ring (bicyclic) bond motifs is 1. The average Bonchev–Trinajstić information content (AvgIpc) is 3.26. The van der Waals surface area contributed by atoms with Crippen LogP contribution in [0.1, 0.15) is 72.0 Å². The first kappa shape index (κ1) is 25.3. The fourth-order valence-corrected chi connectivity index (χ4v) is 9.34. The topological polar surface area (TPSA) is 78.5 Å². The number of carbonyl (C=O) groups excluding carboxylic acids is 3. The highest BCUT2D eigenvalue weighted by molar-refractivity contribution is 7.98. The minimum atomic E-state index is -0.578. The molecule has 6 nitrogen and oxygen atoms in total. The second-order valence-corrected chi connectivity index (χ2v) is 13.5. The van der Waals surface area contributed by atoms with Crippen molar-refractivity contribution in [2.24, 2.45) is 23.7 Å². The zero-order valence-corrected chi connectivity index (χ0v) is 23.2. The molecule has 0 spiro atoms. The summed E-state index contributed by atoms with van der Waals surface area (Å²) in [4.78, 5) is 39.7. The van der Waals surface area contributed by atoms with Crippen molar-refractivity contribution in [1.82, 2.24) is 15.5 Å². The molecule has 1 unspecified atom stereocenters. The Balaban J connectivity index is 0.929. The normalized spacial score (nSPS) is 31.1. The van der Waals surface area contributed by atoms with Crippen LogP contribution in [-0.2, 0) is 28.3 Å². The molecule has 0 radical (unpaired) electrons. The third-order valence-corrected chi connectivity index (χ3v) is 11.1. The van der Waals surface area contributed by atoms with Gasteiger partial charge in [0, 0.05) is 35.2 Å². The van der Waals surface area contributed by atoms with Crippen molar-refractivity contribution in [2.75, 3.05) is 6.54 Å². The van der Waals surface area contributed by atoms with Crippen molar-refractivity contribution in [3.8, 4) is 0 Å². The molecule has 0 aromatic heterocycles. The van der Waals surface area contributed by atoms with Gasteiger partial charge in [0.25, 0.3) is 5.91 Å². The van der Waals surface area contributed by atoms with Crippen LogP contribution >= 0.6 is 11.8 Å². The van der Waals surface area contributed by atoms with E-state index in [0.29, 0.717) is 18.5 Å².